The van der Waals surface area contributed by atoms with Crippen LogP contribution in [0.3, 0.4) is 0 Å². The van der Waals surface area contributed by atoms with E-state index in [2.05, 4.69) is 42.4 Å². The fraction of sp³-hybridized carbons (Fsp3) is 0.591. The number of carbonyl (C=O) groups is 1. The van der Waals surface area contributed by atoms with E-state index in [0.717, 1.165) is 34.2 Å². The summed E-state index contributed by atoms with van der Waals surface area (Å²) in [6.07, 6.45) is 4.47. The third-order valence-corrected chi connectivity index (χ3v) is 6.92. The van der Waals surface area contributed by atoms with Crippen LogP contribution in [0.1, 0.15) is 64.0 Å². The second-order valence-electron chi connectivity index (χ2n) is 7.58. The second kappa shape index (κ2) is 12.2. The molecule has 1 heterocycles. The quantitative estimate of drug-likeness (QED) is 0.315. The Labute approximate surface area is 183 Å². The Morgan fingerprint density at radius 1 is 1.21 bits per heavy atom. The molecular formula is C22H33N3O2S2. The first kappa shape index (κ1) is 23.7. The third kappa shape index (κ3) is 7.97. The van der Waals surface area contributed by atoms with E-state index in [9.17, 15) is 4.79 Å². The van der Waals surface area contributed by atoms with Crippen molar-refractivity contribution >= 4 is 34.1 Å². The van der Waals surface area contributed by atoms with E-state index in [-0.39, 0.29) is 5.91 Å². The molecule has 160 valence electrons. The number of hydrogen-bond donors (Lipinski definition) is 1. The molecule has 2 unspecified atom stereocenters. The van der Waals surface area contributed by atoms with Crippen LogP contribution in [0.25, 0.3) is 0 Å². The molecule has 2 aromatic rings. The Hall–Kier alpha value is -1.60. The molecule has 0 aliphatic carbocycles. The molecule has 0 saturated carbocycles. The molecule has 7 heteroatoms. The number of anilines is 1. The lowest BCUT2D eigenvalue weighted by atomic mass is 10.1. The van der Waals surface area contributed by atoms with Crippen LogP contribution in [0, 0.1) is 19.8 Å². The van der Waals surface area contributed by atoms with Gasteiger partial charge in [-0.1, -0.05) is 80.8 Å². The molecule has 1 amide bonds. The molecule has 0 saturated heterocycles. The van der Waals surface area contributed by atoms with Gasteiger partial charge in [-0.2, -0.15) is 0 Å². The molecule has 5 nitrogen and oxygen atoms in total. The van der Waals surface area contributed by atoms with Crippen molar-refractivity contribution in [3.05, 3.63) is 29.3 Å². The Balaban J connectivity index is 1.98. The average Bonchev–Trinajstić information content (AvgIpc) is 3.12. The number of benzene rings is 1. The van der Waals surface area contributed by atoms with Crippen molar-refractivity contribution in [3.8, 4) is 5.75 Å². The summed E-state index contributed by atoms with van der Waals surface area (Å²) in [5.41, 5.74) is 2.21. The lowest BCUT2D eigenvalue weighted by Gasteiger charge is -2.19. The van der Waals surface area contributed by atoms with Crippen molar-refractivity contribution in [1.82, 2.24) is 10.2 Å². The lowest BCUT2D eigenvalue weighted by Crippen LogP contribution is -2.33. The minimum atomic E-state index is -0.541. The first-order valence-electron chi connectivity index (χ1n) is 10.4. The lowest BCUT2D eigenvalue weighted by molar-refractivity contribution is -0.123. The van der Waals surface area contributed by atoms with Gasteiger partial charge in [0.15, 0.2) is 10.4 Å². The molecule has 1 aromatic carbocycles. The van der Waals surface area contributed by atoms with E-state index < -0.39 is 6.10 Å². The first-order chi connectivity index (χ1) is 13.9. The van der Waals surface area contributed by atoms with Crippen LogP contribution in [-0.2, 0) is 4.79 Å². The summed E-state index contributed by atoms with van der Waals surface area (Å²) >= 11 is 3.13. The van der Waals surface area contributed by atoms with E-state index in [1.807, 2.05) is 26.0 Å². The zero-order valence-corrected chi connectivity index (χ0v) is 19.8. The van der Waals surface area contributed by atoms with Crippen molar-refractivity contribution in [1.29, 1.82) is 0 Å². The van der Waals surface area contributed by atoms with Gasteiger partial charge in [-0.25, -0.2) is 0 Å². The van der Waals surface area contributed by atoms with E-state index in [1.165, 1.54) is 29.7 Å². The Morgan fingerprint density at radius 3 is 2.69 bits per heavy atom. The molecule has 0 aliphatic heterocycles. The number of aromatic nitrogens is 2. The number of nitrogens with zero attached hydrogens (tertiary/aromatic N) is 2. The second-order valence-corrected chi connectivity index (χ2v) is 9.83. The largest absolute Gasteiger partial charge is 0.480 e. The van der Waals surface area contributed by atoms with Crippen molar-refractivity contribution in [3.63, 3.8) is 0 Å². The van der Waals surface area contributed by atoms with Gasteiger partial charge in [-0.15, -0.1) is 10.2 Å². The molecule has 1 N–H and O–H groups in total. The van der Waals surface area contributed by atoms with Gasteiger partial charge >= 0.3 is 0 Å². The highest BCUT2D eigenvalue weighted by Crippen LogP contribution is 2.28. The topological polar surface area (TPSA) is 64.1 Å². The molecule has 0 spiro atoms. The summed E-state index contributed by atoms with van der Waals surface area (Å²) in [5.74, 6) is 2.26. The SMILES string of the molecule is CCCCC(Oc1ccc(C)cc1C)C(=O)Nc1nnc(SCC(C)CCC)s1. The number of rotatable bonds is 12. The Bertz CT molecular complexity index is 779. The number of unbranched alkanes of at least 4 members (excludes halogenated alkanes) is 1. The highest BCUT2D eigenvalue weighted by Gasteiger charge is 2.22. The maximum atomic E-state index is 12.9. The van der Waals surface area contributed by atoms with E-state index in [4.69, 9.17) is 4.74 Å². The van der Waals surface area contributed by atoms with Crippen LogP contribution in [0.5, 0.6) is 5.75 Å². The van der Waals surface area contributed by atoms with E-state index in [1.54, 1.807) is 11.8 Å². The number of nitrogens with one attached hydrogen (secondary N) is 1. The van der Waals surface area contributed by atoms with Crippen LogP contribution in [0.4, 0.5) is 5.13 Å². The fourth-order valence-electron chi connectivity index (χ4n) is 3.01. The molecule has 29 heavy (non-hydrogen) atoms. The van der Waals surface area contributed by atoms with Crippen molar-refractivity contribution in [2.75, 3.05) is 11.1 Å². The summed E-state index contributed by atoms with van der Waals surface area (Å²) in [4.78, 5) is 12.9. The van der Waals surface area contributed by atoms with Gasteiger partial charge < -0.3 is 4.74 Å². The van der Waals surface area contributed by atoms with Gasteiger partial charge in [0.25, 0.3) is 5.91 Å². The summed E-state index contributed by atoms with van der Waals surface area (Å²) < 4.78 is 6.98. The number of ether oxygens (including phenoxy) is 1. The number of carbonyl (C=O) groups excluding carboxylic acids is 1. The summed E-state index contributed by atoms with van der Waals surface area (Å²) in [6.45, 7) is 10.6. The van der Waals surface area contributed by atoms with Crippen LogP contribution in [0.2, 0.25) is 0 Å². The molecule has 0 radical (unpaired) electrons. The average molecular weight is 436 g/mol. The van der Waals surface area contributed by atoms with E-state index in [0.29, 0.717) is 17.5 Å². The number of aryl methyl sites for hydroxylation is 2. The van der Waals surface area contributed by atoms with Gasteiger partial charge in [0, 0.05) is 5.75 Å². The predicted octanol–water partition coefficient (Wildman–Crippen LogP) is 6.26. The predicted molar refractivity (Wildman–Crippen MR) is 123 cm³/mol. The first-order valence-corrected chi connectivity index (χ1v) is 12.2. The normalized spacial score (nSPS) is 13.1. The standard InChI is InChI=1S/C22H33N3O2S2/c1-6-8-10-19(27-18-12-11-15(3)13-17(18)5)20(26)23-21-24-25-22(29-21)28-14-16(4)9-7-2/h11-13,16,19H,6-10,14H2,1-5H3,(H,23,24,26). The maximum absolute atomic E-state index is 12.9. The summed E-state index contributed by atoms with van der Waals surface area (Å²) in [6, 6.07) is 6.01. The van der Waals surface area contributed by atoms with Crippen molar-refractivity contribution in [2.24, 2.45) is 5.92 Å². The smallest absolute Gasteiger partial charge is 0.267 e. The highest BCUT2D eigenvalue weighted by molar-refractivity contribution is 8.01. The van der Waals surface area contributed by atoms with E-state index >= 15 is 0 Å². The van der Waals surface area contributed by atoms with Crippen LogP contribution < -0.4 is 10.1 Å². The molecule has 2 atom stereocenters. The minimum absolute atomic E-state index is 0.162. The number of thioether (sulfide) groups is 1. The molecule has 2 rings (SSSR count). The number of hydrogen-bond acceptors (Lipinski definition) is 6. The maximum Gasteiger partial charge on any atom is 0.267 e. The third-order valence-electron chi connectivity index (χ3n) is 4.62. The Kier molecular flexibility index (Phi) is 9.94. The zero-order chi connectivity index (χ0) is 21.2. The molecule has 0 fully saturated rings. The summed E-state index contributed by atoms with van der Waals surface area (Å²) in [7, 11) is 0. The number of amides is 1. The van der Waals surface area contributed by atoms with Gasteiger partial charge in [0.1, 0.15) is 5.75 Å². The molecule has 1 aromatic heterocycles. The van der Waals surface area contributed by atoms with Crippen molar-refractivity contribution in [2.45, 2.75) is 77.2 Å². The van der Waals surface area contributed by atoms with Gasteiger partial charge in [-0.05, 0) is 44.2 Å². The monoisotopic (exact) mass is 435 g/mol. The molecular weight excluding hydrogens is 402 g/mol. The zero-order valence-electron chi connectivity index (χ0n) is 18.2. The van der Waals surface area contributed by atoms with Crippen LogP contribution in [0.15, 0.2) is 22.5 Å². The Morgan fingerprint density at radius 2 is 2.00 bits per heavy atom. The van der Waals surface area contributed by atoms with Crippen LogP contribution >= 0.6 is 23.1 Å². The summed E-state index contributed by atoms with van der Waals surface area (Å²) in [5, 5.41) is 11.8. The fourth-order valence-corrected chi connectivity index (χ4v) is 4.86. The minimum Gasteiger partial charge on any atom is -0.480 e. The highest BCUT2D eigenvalue weighted by atomic mass is 32.2. The van der Waals surface area contributed by atoms with Gasteiger partial charge in [-0.3, -0.25) is 10.1 Å². The molecule has 0 bridgehead atoms. The van der Waals surface area contributed by atoms with Gasteiger partial charge in [0.05, 0.1) is 0 Å². The van der Waals surface area contributed by atoms with Gasteiger partial charge in [0.2, 0.25) is 5.13 Å². The van der Waals surface area contributed by atoms with Crippen LogP contribution in [-0.4, -0.2) is 28.0 Å². The van der Waals surface area contributed by atoms with Crippen molar-refractivity contribution < 1.29 is 9.53 Å². The molecule has 0 aliphatic rings.